The van der Waals surface area contributed by atoms with Crippen molar-refractivity contribution in [1.82, 2.24) is 0 Å². The Balaban J connectivity index is 2.35. The molecule has 0 heterocycles. The summed E-state index contributed by atoms with van der Waals surface area (Å²) in [6.45, 7) is 8.22. The molecule has 2 aromatic rings. The zero-order chi connectivity index (χ0) is 23.9. The van der Waals surface area contributed by atoms with Gasteiger partial charge >= 0.3 is 5.97 Å². The molecule has 1 atom stereocenters. The molecule has 1 N–H and O–H groups in total. The van der Waals surface area contributed by atoms with Gasteiger partial charge in [-0.15, -0.1) is 0 Å². The Labute approximate surface area is 190 Å². The van der Waals surface area contributed by atoms with Crippen LogP contribution in [0.5, 0.6) is 5.75 Å². The van der Waals surface area contributed by atoms with E-state index < -0.39 is 5.97 Å². The number of carbonyl (C=O) groups excluding carboxylic acids is 3. The number of carbonyl (C=O) groups is 3. The second-order valence-corrected chi connectivity index (χ2v) is 8.86. The van der Waals surface area contributed by atoms with Crippen LogP contribution >= 0.6 is 0 Å². The van der Waals surface area contributed by atoms with Crippen molar-refractivity contribution in [3.8, 4) is 5.75 Å². The van der Waals surface area contributed by atoms with Gasteiger partial charge in [-0.05, 0) is 47.1 Å². The van der Waals surface area contributed by atoms with Gasteiger partial charge in [0.2, 0.25) is 5.91 Å². The van der Waals surface area contributed by atoms with E-state index in [1.165, 1.54) is 7.11 Å². The van der Waals surface area contributed by atoms with Gasteiger partial charge in [-0.1, -0.05) is 52.3 Å². The van der Waals surface area contributed by atoms with E-state index in [0.717, 1.165) is 30.3 Å². The van der Waals surface area contributed by atoms with Crippen molar-refractivity contribution < 1.29 is 23.9 Å². The van der Waals surface area contributed by atoms with Gasteiger partial charge in [-0.25, -0.2) is 4.79 Å². The molecule has 0 fully saturated rings. The van der Waals surface area contributed by atoms with Crippen LogP contribution in [0.2, 0.25) is 0 Å². The SMILES string of the molecule is CCCC(CC(=O)Nc1cc(C(=O)OC)ccc1C(C)(C)C)c1ccc(C=O)cc1OC. The lowest BCUT2D eigenvalue weighted by Crippen LogP contribution is -2.21. The number of hydrogen-bond acceptors (Lipinski definition) is 5. The van der Waals surface area contributed by atoms with Crippen molar-refractivity contribution in [2.45, 2.75) is 58.3 Å². The summed E-state index contributed by atoms with van der Waals surface area (Å²) < 4.78 is 10.3. The van der Waals surface area contributed by atoms with E-state index in [1.807, 2.05) is 12.1 Å². The summed E-state index contributed by atoms with van der Waals surface area (Å²) in [4.78, 5) is 36.2. The van der Waals surface area contributed by atoms with Gasteiger partial charge in [0.1, 0.15) is 12.0 Å². The number of nitrogens with one attached hydrogen (secondary N) is 1. The minimum absolute atomic E-state index is 0.0717. The van der Waals surface area contributed by atoms with Gasteiger partial charge in [-0.2, -0.15) is 0 Å². The molecule has 0 saturated heterocycles. The summed E-state index contributed by atoms with van der Waals surface area (Å²) in [6, 6.07) is 10.5. The third kappa shape index (κ3) is 6.19. The van der Waals surface area contributed by atoms with Gasteiger partial charge in [0.05, 0.1) is 19.8 Å². The molecule has 0 aliphatic carbocycles. The molecule has 6 heteroatoms. The quantitative estimate of drug-likeness (QED) is 0.412. The number of benzene rings is 2. The predicted octanol–water partition coefficient (Wildman–Crippen LogP) is 5.50. The number of rotatable bonds is 9. The third-order valence-corrected chi connectivity index (χ3v) is 5.43. The second kappa shape index (κ2) is 10.9. The zero-order valence-electron chi connectivity index (χ0n) is 19.8. The average molecular weight is 440 g/mol. The fourth-order valence-corrected chi connectivity index (χ4v) is 3.83. The molecule has 6 nitrogen and oxygen atoms in total. The van der Waals surface area contributed by atoms with Crippen molar-refractivity contribution in [2.75, 3.05) is 19.5 Å². The van der Waals surface area contributed by atoms with Crippen LogP contribution in [0.4, 0.5) is 5.69 Å². The van der Waals surface area contributed by atoms with Crippen LogP contribution < -0.4 is 10.1 Å². The standard InChI is InChI=1S/C26H33NO5/c1-7-8-18(20-11-9-17(16-28)13-23(20)31-5)15-24(29)27-22-14-19(25(30)32-6)10-12-21(22)26(2,3)4/h9-14,16,18H,7-8,15H2,1-6H3,(H,27,29). The Kier molecular flexibility index (Phi) is 8.58. The zero-order valence-corrected chi connectivity index (χ0v) is 19.8. The van der Waals surface area contributed by atoms with Gasteiger partial charge in [0.25, 0.3) is 0 Å². The fourth-order valence-electron chi connectivity index (χ4n) is 3.83. The van der Waals surface area contributed by atoms with Gasteiger partial charge in [0, 0.05) is 17.7 Å². The van der Waals surface area contributed by atoms with E-state index in [-0.39, 0.29) is 23.7 Å². The number of ether oxygens (including phenoxy) is 2. The molecule has 172 valence electrons. The summed E-state index contributed by atoms with van der Waals surface area (Å²) in [5, 5.41) is 3.01. The summed E-state index contributed by atoms with van der Waals surface area (Å²) in [5.74, 6) is -0.0799. The first-order chi connectivity index (χ1) is 15.1. The molecule has 0 aliphatic rings. The highest BCUT2D eigenvalue weighted by molar-refractivity contribution is 5.96. The second-order valence-electron chi connectivity index (χ2n) is 8.86. The fraction of sp³-hybridized carbons (Fsp3) is 0.423. The number of methoxy groups -OCH3 is 2. The van der Waals surface area contributed by atoms with E-state index in [9.17, 15) is 14.4 Å². The van der Waals surface area contributed by atoms with E-state index in [2.05, 4.69) is 33.0 Å². The molecule has 0 aliphatic heterocycles. The Bertz CT molecular complexity index is 975. The smallest absolute Gasteiger partial charge is 0.337 e. The first-order valence-corrected chi connectivity index (χ1v) is 10.8. The molecule has 1 amide bonds. The number of hydrogen-bond donors (Lipinski definition) is 1. The summed E-state index contributed by atoms with van der Waals surface area (Å²) in [7, 11) is 2.89. The molecule has 0 radical (unpaired) electrons. The van der Waals surface area contributed by atoms with Crippen LogP contribution in [0.25, 0.3) is 0 Å². The molecule has 1 unspecified atom stereocenters. The van der Waals surface area contributed by atoms with Crippen molar-refractivity contribution in [2.24, 2.45) is 0 Å². The number of aldehydes is 1. The predicted molar refractivity (Wildman–Crippen MR) is 126 cm³/mol. The van der Waals surface area contributed by atoms with Crippen molar-refractivity contribution in [3.63, 3.8) is 0 Å². The van der Waals surface area contributed by atoms with Crippen molar-refractivity contribution in [3.05, 3.63) is 58.7 Å². The molecular formula is C26H33NO5. The van der Waals surface area contributed by atoms with Gasteiger partial charge < -0.3 is 14.8 Å². The normalized spacial score (nSPS) is 12.1. The maximum absolute atomic E-state index is 13.1. The highest BCUT2D eigenvalue weighted by Gasteiger charge is 2.23. The van der Waals surface area contributed by atoms with Crippen molar-refractivity contribution >= 4 is 23.9 Å². The lowest BCUT2D eigenvalue weighted by molar-refractivity contribution is -0.116. The van der Waals surface area contributed by atoms with Crippen LogP contribution in [0.3, 0.4) is 0 Å². The van der Waals surface area contributed by atoms with Crippen molar-refractivity contribution in [1.29, 1.82) is 0 Å². The molecule has 0 bridgehead atoms. The minimum Gasteiger partial charge on any atom is -0.496 e. The lowest BCUT2D eigenvalue weighted by Gasteiger charge is -2.24. The molecular weight excluding hydrogens is 406 g/mol. The average Bonchev–Trinajstić information content (AvgIpc) is 2.76. The van der Waals surface area contributed by atoms with Crippen LogP contribution in [0.1, 0.15) is 84.7 Å². The minimum atomic E-state index is -0.454. The maximum Gasteiger partial charge on any atom is 0.337 e. The monoisotopic (exact) mass is 439 g/mol. The summed E-state index contributed by atoms with van der Waals surface area (Å²) >= 11 is 0. The van der Waals surface area contributed by atoms with Crippen LogP contribution in [0, 0.1) is 0 Å². The van der Waals surface area contributed by atoms with Gasteiger partial charge in [-0.3, -0.25) is 9.59 Å². The molecule has 0 spiro atoms. The first-order valence-electron chi connectivity index (χ1n) is 10.8. The first kappa shape index (κ1) is 25.1. The Hall–Kier alpha value is -3.15. The molecule has 32 heavy (non-hydrogen) atoms. The van der Waals surface area contributed by atoms with E-state index in [0.29, 0.717) is 22.6 Å². The highest BCUT2D eigenvalue weighted by Crippen LogP contribution is 2.35. The third-order valence-electron chi connectivity index (χ3n) is 5.43. The Morgan fingerprint density at radius 3 is 2.38 bits per heavy atom. The summed E-state index contributed by atoms with van der Waals surface area (Å²) in [5.41, 5.74) is 3.11. The van der Waals surface area contributed by atoms with Crippen LogP contribution in [-0.4, -0.2) is 32.4 Å². The van der Waals surface area contributed by atoms with E-state index in [1.54, 1.807) is 31.4 Å². The Morgan fingerprint density at radius 2 is 1.81 bits per heavy atom. The van der Waals surface area contributed by atoms with E-state index in [4.69, 9.17) is 9.47 Å². The number of amides is 1. The van der Waals surface area contributed by atoms with Gasteiger partial charge in [0.15, 0.2) is 0 Å². The topological polar surface area (TPSA) is 81.7 Å². The lowest BCUT2D eigenvalue weighted by atomic mass is 9.85. The molecule has 0 saturated carbocycles. The summed E-state index contributed by atoms with van der Waals surface area (Å²) in [6.07, 6.45) is 2.70. The largest absolute Gasteiger partial charge is 0.496 e. The van der Waals surface area contributed by atoms with Crippen LogP contribution in [0.15, 0.2) is 36.4 Å². The van der Waals surface area contributed by atoms with Crippen LogP contribution in [-0.2, 0) is 14.9 Å². The van der Waals surface area contributed by atoms with E-state index >= 15 is 0 Å². The Morgan fingerprint density at radius 1 is 1.09 bits per heavy atom. The highest BCUT2D eigenvalue weighted by atomic mass is 16.5. The molecule has 2 rings (SSSR count). The maximum atomic E-state index is 13.1. The molecule has 0 aromatic heterocycles. The number of anilines is 1. The number of esters is 1. The molecule has 2 aromatic carbocycles.